The summed E-state index contributed by atoms with van der Waals surface area (Å²) in [4.78, 5) is 24.7. The zero-order chi connectivity index (χ0) is 23.5. The van der Waals surface area contributed by atoms with Crippen molar-refractivity contribution in [3.05, 3.63) is 95.3 Å². The van der Waals surface area contributed by atoms with E-state index in [4.69, 9.17) is 4.74 Å². The number of nitrogens with zero attached hydrogens (tertiary/aromatic N) is 1. The Bertz CT molecular complexity index is 1110. The third-order valence-electron chi connectivity index (χ3n) is 4.78. The monoisotopic (exact) mass is 447 g/mol. The van der Waals surface area contributed by atoms with Crippen LogP contribution in [0.1, 0.15) is 52.5 Å². The summed E-state index contributed by atoms with van der Waals surface area (Å²) >= 11 is 0. The molecule has 0 atom stereocenters. The Morgan fingerprint density at radius 2 is 1.76 bits per heavy atom. The number of hydrazone groups is 1. The van der Waals surface area contributed by atoms with Gasteiger partial charge in [0, 0.05) is 11.3 Å². The molecule has 0 saturated carbocycles. The van der Waals surface area contributed by atoms with Gasteiger partial charge in [-0.15, -0.1) is 0 Å². The van der Waals surface area contributed by atoms with Crippen LogP contribution in [0.3, 0.4) is 0 Å². The maximum absolute atomic E-state index is 13.8. The number of ether oxygens (including phenoxy) is 1. The van der Waals surface area contributed by atoms with Crippen molar-refractivity contribution in [3.63, 3.8) is 0 Å². The van der Waals surface area contributed by atoms with Gasteiger partial charge in [0.25, 0.3) is 11.8 Å². The van der Waals surface area contributed by atoms with Crippen LogP contribution in [0.15, 0.2) is 77.9 Å². The number of benzene rings is 3. The Balaban J connectivity index is 1.54. The Morgan fingerprint density at radius 3 is 2.52 bits per heavy atom. The molecule has 0 spiro atoms. The number of amides is 2. The van der Waals surface area contributed by atoms with Gasteiger partial charge in [0.2, 0.25) is 0 Å². The highest BCUT2D eigenvalue weighted by atomic mass is 19.1. The maximum Gasteiger partial charge on any atom is 0.271 e. The lowest BCUT2D eigenvalue weighted by molar-refractivity contribution is 0.0953. The summed E-state index contributed by atoms with van der Waals surface area (Å²) in [6.45, 7) is 2.84. The molecule has 33 heavy (non-hydrogen) atoms. The molecule has 2 amide bonds. The van der Waals surface area contributed by atoms with Crippen molar-refractivity contribution < 1.29 is 18.7 Å². The number of nitrogens with one attached hydrogen (secondary N) is 2. The van der Waals surface area contributed by atoms with Crippen LogP contribution in [0, 0.1) is 5.82 Å². The summed E-state index contributed by atoms with van der Waals surface area (Å²) in [6.07, 6.45) is 4.85. The molecule has 0 saturated heterocycles. The fourth-order valence-electron chi connectivity index (χ4n) is 3.00. The number of carbonyl (C=O) groups excluding carboxylic acids is 2. The van der Waals surface area contributed by atoms with E-state index in [2.05, 4.69) is 22.8 Å². The fourth-order valence-corrected chi connectivity index (χ4v) is 3.00. The molecule has 0 fully saturated rings. The number of carbonyl (C=O) groups is 2. The van der Waals surface area contributed by atoms with E-state index in [0.29, 0.717) is 17.9 Å². The summed E-state index contributed by atoms with van der Waals surface area (Å²) in [5.74, 6) is -0.860. The Labute approximate surface area is 192 Å². The van der Waals surface area contributed by atoms with Gasteiger partial charge in [0.05, 0.1) is 18.4 Å². The number of hydrogen-bond acceptors (Lipinski definition) is 4. The van der Waals surface area contributed by atoms with Crippen molar-refractivity contribution in [2.75, 3.05) is 11.9 Å². The molecule has 0 aliphatic rings. The van der Waals surface area contributed by atoms with E-state index >= 15 is 0 Å². The third-order valence-corrected chi connectivity index (χ3v) is 4.78. The molecule has 0 unspecified atom stereocenters. The summed E-state index contributed by atoms with van der Waals surface area (Å²) in [7, 11) is 0. The van der Waals surface area contributed by atoms with Gasteiger partial charge in [0.1, 0.15) is 11.6 Å². The molecule has 3 aromatic rings. The number of anilines is 1. The summed E-state index contributed by atoms with van der Waals surface area (Å²) in [5.41, 5.74) is 3.86. The summed E-state index contributed by atoms with van der Waals surface area (Å²) in [6, 6.07) is 19.4. The van der Waals surface area contributed by atoms with E-state index in [-0.39, 0.29) is 5.56 Å². The lowest BCUT2D eigenvalue weighted by atomic mass is 10.1. The van der Waals surface area contributed by atoms with E-state index in [1.807, 2.05) is 24.3 Å². The number of rotatable bonds is 10. The first-order valence-electron chi connectivity index (χ1n) is 10.8. The van der Waals surface area contributed by atoms with Gasteiger partial charge in [-0.25, -0.2) is 9.82 Å². The minimum absolute atomic E-state index is 0.0747. The van der Waals surface area contributed by atoms with Gasteiger partial charge >= 0.3 is 0 Å². The standard InChI is InChI=1S/C26H26FN3O3/c1-2-3-6-16-33-22-14-12-19(13-15-22)18-28-30-25(31)20-8-7-9-21(17-20)29-26(32)23-10-4-5-11-24(23)27/h4-5,7-15,17-18H,2-3,6,16H2,1H3,(H,29,32)(H,30,31)/b28-18+. The molecular formula is C26H26FN3O3. The van der Waals surface area contributed by atoms with Crippen molar-refractivity contribution in [2.24, 2.45) is 5.10 Å². The number of unbranched alkanes of at least 4 members (excludes halogenated alkanes) is 2. The smallest absolute Gasteiger partial charge is 0.271 e. The number of hydrogen-bond donors (Lipinski definition) is 2. The molecule has 2 N–H and O–H groups in total. The first kappa shape index (κ1) is 23.7. The average Bonchev–Trinajstić information content (AvgIpc) is 2.83. The predicted molar refractivity (Wildman–Crippen MR) is 127 cm³/mol. The minimum Gasteiger partial charge on any atom is -0.494 e. The van der Waals surface area contributed by atoms with Crippen LogP contribution in [-0.4, -0.2) is 24.6 Å². The highest BCUT2D eigenvalue weighted by Gasteiger charge is 2.12. The fraction of sp³-hybridized carbons (Fsp3) is 0.192. The molecule has 170 valence electrons. The zero-order valence-corrected chi connectivity index (χ0v) is 18.4. The van der Waals surface area contributed by atoms with Gasteiger partial charge < -0.3 is 10.1 Å². The quantitative estimate of drug-likeness (QED) is 0.248. The van der Waals surface area contributed by atoms with Crippen molar-refractivity contribution in [3.8, 4) is 5.75 Å². The van der Waals surface area contributed by atoms with Crippen LogP contribution in [0.4, 0.5) is 10.1 Å². The van der Waals surface area contributed by atoms with Gasteiger partial charge in [0.15, 0.2) is 0 Å². The van der Waals surface area contributed by atoms with Crippen molar-refractivity contribution in [1.29, 1.82) is 0 Å². The second-order valence-corrected chi connectivity index (χ2v) is 7.34. The molecule has 0 aromatic heterocycles. The van der Waals surface area contributed by atoms with Crippen LogP contribution in [-0.2, 0) is 0 Å². The van der Waals surface area contributed by atoms with E-state index in [1.54, 1.807) is 24.3 Å². The maximum atomic E-state index is 13.8. The molecule has 0 heterocycles. The van der Waals surface area contributed by atoms with E-state index < -0.39 is 17.6 Å². The normalized spacial score (nSPS) is 10.7. The van der Waals surface area contributed by atoms with Crippen molar-refractivity contribution in [1.82, 2.24) is 5.43 Å². The molecule has 0 aliphatic heterocycles. The van der Waals surface area contributed by atoms with E-state index in [1.165, 1.54) is 30.5 Å². The average molecular weight is 448 g/mol. The Kier molecular flexibility index (Phi) is 8.71. The van der Waals surface area contributed by atoms with Crippen molar-refractivity contribution in [2.45, 2.75) is 26.2 Å². The van der Waals surface area contributed by atoms with E-state index in [0.717, 1.165) is 30.6 Å². The first-order chi connectivity index (χ1) is 16.1. The van der Waals surface area contributed by atoms with Gasteiger partial charge in [-0.05, 0) is 66.6 Å². The lowest BCUT2D eigenvalue weighted by Crippen LogP contribution is -2.18. The van der Waals surface area contributed by atoms with Gasteiger partial charge in [-0.2, -0.15) is 5.10 Å². The topological polar surface area (TPSA) is 79.8 Å². The van der Waals surface area contributed by atoms with E-state index in [9.17, 15) is 14.0 Å². The van der Waals surface area contributed by atoms with Crippen LogP contribution in [0.25, 0.3) is 0 Å². The molecule has 0 radical (unpaired) electrons. The second-order valence-electron chi connectivity index (χ2n) is 7.34. The SMILES string of the molecule is CCCCCOc1ccc(/C=N/NC(=O)c2cccc(NC(=O)c3ccccc3F)c2)cc1. The van der Waals surface area contributed by atoms with Crippen LogP contribution in [0.5, 0.6) is 5.75 Å². The predicted octanol–water partition coefficient (Wildman–Crippen LogP) is 5.41. The van der Waals surface area contributed by atoms with Gasteiger partial charge in [-0.1, -0.05) is 38.0 Å². The van der Waals surface area contributed by atoms with Crippen LogP contribution < -0.4 is 15.5 Å². The highest BCUT2D eigenvalue weighted by molar-refractivity contribution is 6.05. The molecule has 3 rings (SSSR count). The van der Waals surface area contributed by atoms with Crippen LogP contribution in [0.2, 0.25) is 0 Å². The minimum atomic E-state index is -0.616. The molecule has 7 heteroatoms. The first-order valence-corrected chi connectivity index (χ1v) is 10.8. The third kappa shape index (κ3) is 7.28. The van der Waals surface area contributed by atoms with Gasteiger partial charge in [-0.3, -0.25) is 9.59 Å². The summed E-state index contributed by atoms with van der Waals surface area (Å²) < 4.78 is 19.5. The molecule has 3 aromatic carbocycles. The second kappa shape index (κ2) is 12.1. The Hall–Kier alpha value is -4.00. The Morgan fingerprint density at radius 1 is 0.970 bits per heavy atom. The number of halogens is 1. The lowest BCUT2D eigenvalue weighted by Gasteiger charge is -2.08. The molecular weight excluding hydrogens is 421 g/mol. The highest BCUT2D eigenvalue weighted by Crippen LogP contribution is 2.15. The van der Waals surface area contributed by atoms with Crippen LogP contribution >= 0.6 is 0 Å². The summed E-state index contributed by atoms with van der Waals surface area (Å²) in [5, 5.41) is 6.58. The zero-order valence-electron chi connectivity index (χ0n) is 18.4. The largest absolute Gasteiger partial charge is 0.494 e. The molecule has 0 bridgehead atoms. The van der Waals surface area contributed by atoms with Crippen molar-refractivity contribution >= 4 is 23.7 Å². The molecule has 6 nitrogen and oxygen atoms in total. The molecule has 0 aliphatic carbocycles.